The van der Waals surface area contributed by atoms with Gasteiger partial charge >= 0.3 is 0 Å². The summed E-state index contributed by atoms with van der Waals surface area (Å²) in [7, 11) is 0. The molecule has 0 aliphatic heterocycles. The first kappa shape index (κ1) is 15.1. The Morgan fingerprint density at radius 2 is 2.00 bits per heavy atom. The van der Waals surface area contributed by atoms with Gasteiger partial charge in [0.05, 0.1) is 11.3 Å². The van der Waals surface area contributed by atoms with Gasteiger partial charge < -0.3 is 5.32 Å². The van der Waals surface area contributed by atoms with E-state index < -0.39 is 0 Å². The van der Waals surface area contributed by atoms with Gasteiger partial charge in [-0.15, -0.1) is 11.3 Å². The van der Waals surface area contributed by atoms with Crippen molar-refractivity contribution in [1.29, 1.82) is 0 Å². The fraction of sp³-hybridized carbons (Fsp3) is 0.333. The molecule has 1 aromatic heterocycles. The lowest BCUT2D eigenvalue weighted by atomic mass is 10.1. The largest absolute Gasteiger partial charge is 0.349 e. The number of thiazole rings is 1. The molecule has 0 aliphatic carbocycles. The van der Waals surface area contributed by atoms with Gasteiger partial charge in [-0.25, -0.2) is 4.98 Å². The van der Waals surface area contributed by atoms with Gasteiger partial charge in [0.2, 0.25) is 5.91 Å². The Morgan fingerprint density at radius 1 is 1.30 bits per heavy atom. The minimum atomic E-state index is -0.147. The Kier molecular flexibility index (Phi) is 5.20. The minimum Gasteiger partial charge on any atom is -0.349 e. The second-order valence-corrected chi connectivity index (χ2v) is 7.10. The van der Waals surface area contributed by atoms with Crippen LogP contribution in [0.5, 0.6) is 0 Å². The molecule has 2 unspecified atom stereocenters. The fourth-order valence-corrected chi connectivity index (χ4v) is 3.74. The highest BCUT2D eigenvalue weighted by atomic mass is 32.2. The molecular formula is C15H18N2OS2. The summed E-state index contributed by atoms with van der Waals surface area (Å²) in [5.41, 5.74) is 2.12. The summed E-state index contributed by atoms with van der Waals surface area (Å²) in [6.45, 7) is 5.87. The lowest BCUT2D eigenvalue weighted by Gasteiger charge is -2.17. The normalized spacial score (nSPS) is 13.8. The van der Waals surface area contributed by atoms with Crippen LogP contribution in [0.25, 0.3) is 0 Å². The van der Waals surface area contributed by atoms with Crippen molar-refractivity contribution < 1.29 is 4.79 Å². The van der Waals surface area contributed by atoms with Crippen LogP contribution in [-0.4, -0.2) is 16.1 Å². The summed E-state index contributed by atoms with van der Waals surface area (Å²) in [6, 6.07) is 9.99. The first-order valence-electron chi connectivity index (χ1n) is 6.50. The molecule has 0 spiro atoms. The lowest BCUT2D eigenvalue weighted by molar-refractivity contribution is -0.120. The molecule has 0 aliphatic rings. The van der Waals surface area contributed by atoms with Gasteiger partial charge in [0.1, 0.15) is 0 Å². The van der Waals surface area contributed by atoms with Crippen LogP contribution < -0.4 is 5.32 Å². The molecule has 0 radical (unpaired) electrons. The summed E-state index contributed by atoms with van der Waals surface area (Å²) in [4.78, 5) is 16.6. The Labute approximate surface area is 127 Å². The third-order valence-corrected chi connectivity index (χ3v) is 5.09. The van der Waals surface area contributed by atoms with E-state index in [0.29, 0.717) is 0 Å². The van der Waals surface area contributed by atoms with Crippen molar-refractivity contribution in [2.45, 2.75) is 36.4 Å². The third-order valence-electron chi connectivity index (χ3n) is 2.90. The van der Waals surface area contributed by atoms with E-state index in [9.17, 15) is 4.79 Å². The molecule has 3 nitrogen and oxygen atoms in total. The number of thioether (sulfide) groups is 1. The van der Waals surface area contributed by atoms with Crippen LogP contribution in [0.1, 0.15) is 31.1 Å². The van der Waals surface area contributed by atoms with Gasteiger partial charge in [0.15, 0.2) is 4.34 Å². The molecule has 5 heteroatoms. The maximum Gasteiger partial charge on any atom is 0.233 e. The molecule has 2 atom stereocenters. The summed E-state index contributed by atoms with van der Waals surface area (Å²) >= 11 is 3.09. The van der Waals surface area contributed by atoms with E-state index in [4.69, 9.17) is 0 Å². The first-order valence-corrected chi connectivity index (χ1v) is 8.26. The molecule has 1 heterocycles. The number of benzene rings is 1. The number of hydrogen-bond donors (Lipinski definition) is 1. The number of nitrogens with zero attached hydrogens (tertiary/aromatic N) is 1. The SMILES string of the molecule is Cc1csc(SC(C)C(=O)NC(C)c2ccccc2)n1. The predicted molar refractivity (Wildman–Crippen MR) is 85.2 cm³/mol. The van der Waals surface area contributed by atoms with Gasteiger partial charge in [0, 0.05) is 11.1 Å². The average molecular weight is 306 g/mol. The quantitative estimate of drug-likeness (QED) is 0.854. The third kappa shape index (κ3) is 4.08. The van der Waals surface area contributed by atoms with Crippen LogP contribution in [0.2, 0.25) is 0 Å². The number of hydrogen-bond acceptors (Lipinski definition) is 4. The minimum absolute atomic E-state index is 0.0183. The van der Waals surface area contributed by atoms with Gasteiger partial charge in [-0.05, 0) is 26.3 Å². The topological polar surface area (TPSA) is 42.0 Å². The predicted octanol–water partition coefficient (Wildman–Crippen LogP) is 3.81. The second kappa shape index (κ2) is 6.90. The number of amides is 1. The van der Waals surface area contributed by atoms with Crippen LogP contribution in [0.15, 0.2) is 40.1 Å². The molecule has 1 aromatic carbocycles. The van der Waals surface area contributed by atoms with E-state index in [0.717, 1.165) is 15.6 Å². The molecule has 1 amide bonds. The van der Waals surface area contributed by atoms with E-state index in [1.54, 1.807) is 11.3 Å². The highest BCUT2D eigenvalue weighted by Gasteiger charge is 2.18. The number of rotatable bonds is 5. The van der Waals surface area contributed by atoms with Crippen molar-refractivity contribution in [2.75, 3.05) is 0 Å². The van der Waals surface area contributed by atoms with Gasteiger partial charge in [0.25, 0.3) is 0 Å². The molecule has 20 heavy (non-hydrogen) atoms. The van der Waals surface area contributed by atoms with Crippen LogP contribution in [0.3, 0.4) is 0 Å². The van der Waals surface area contributed by atoms with Crippen molar-refractivity contribution in [3.8, 4) is 0 Å². The summed E-state index contributed by atoms with van der Waals surface area (Å²) in [5.74, 6) is 0.0409. The number of nitrogens with one attached hydrogen (secondary N) is 1. The zero-order valence-corrected chi connectivity index (χ0v) is 13.4. The smallest absolute Gasteiger partial charge is 0.233 e. The Balaban J connectivity index is 1.91. The monoisotopic (exact) mass is 306 g/mol. The Hall–Kier alpha value is -1.33. The highest BCUT2D eigenvalue weighted by molar-refractivity contribution is 8.02. The molecular weight excluding hydrogens is 288 g/mol. The molecule has 2 rings (SSSR count). The molecule has 0 fully saturated rings. The Morgan fingerprint density at radius 3 is 2.60 bits per heavy atom. The molecule has 0 bridgehead atoms. The fourth-order valence-electron chi connectivity index (χ4n) is 1.75. The maximum absolute atomic E-state index is 12.2. The summed E-state index contributed by atoms with van der Waals surface area (Å²) in [5, 5.41) is 4.89. The average Bonchev–Trinajstić information content (AvgIpc) is 2.85. The molecule has 1 N–H and O–H groups in total. The van der Waals surface area contributed by atoms with Crippen LogP contribution >= 0.6 is 23.1 Å². The number of aryl methyl sites for hydroxylation is 1. The van der Waals surface area contributed by atoms with Gasteiger partial charge in [-0.1, -0.05) is 42.1 Å². The second-order valence-electron chi connectivity index (χ2n) is 4.66. The van der Waals surface area contributed by atoms with Crippen molar-refractivity contribution >= 4 is 29.0 Å². The molecule has 0 saturated heterocycles. The zero-order chi connectivity index (χ0) is 14.5. The number of aromatic nitrogens is 1. The van der Waals surface area contributed by atoms with Crippen LogP contribution in [0.4, 0.5) is 0 Å². The zero-order valence-electron chi connectivity index (χ0n) is 11.8. The standard InChI is InChI=1S/C15H18N2OS2/c1-10-9-19-15(16-10)20-12(3)14(18)17-11(2)13-7-5-4-6-8-13/h4-9,11-12H,1-3H3,(H,17,18). The van der Waals surface area contributed by atoms with E-state index >= 15 is 0 Å². The first-order chi connectivity index (χ1) is 9.56. The Bertz CT molecular complexity index is 568. The maximum atomic E-state index is 12.2. The number of carbonyl (C=O) groups is 1. The molecule has 2 aromatic rings. The van der Waals surface area contributed by atoms with Crippen molar-refractivity contribution in [1.82, 2.24) is 10.3 Å². The van der Waals surface area contributed by atoms with Crippen molar-refractivity contribution in [3.63, 3.8) is 0 Å². The molecule has 0 saturated carbocycles. The van der Waals surface area contributed by atoms with Crippen molar-refractivity contribution in [2.24, 2.45) is 0 Å². The van der Waals surface area contributed by atoms with E-state index in [1.165, 1.54) is 11.8 Å². The lowest BCUT2D eigenvalue weighted by Crippen LogP contribution is -2.33. The summed E-state index contributed by atoms with van der Waals surface area (Å²) in [6.07, 6.45) is 0. The van der Waals surface area contributed by atoms with Crippen LogP contribution in [-0.2, 0) is 4.79 Å². The van der Waals surface area contributed by atoms with Crippen molar-refractivity contribution in [3.05, 3.63) is 47.0 Å². The van der Waals surface area contributed by atoms with Gasteiger partial charge in [-0.3, -0.25) is 4.79 Å². The summed E-state index contributed by atoms with van der Waals surface area (Å²) < 4.78 is 0.942. The molecule has 106 valence electrons. The van der Waals surface area contributed by atoms with Gasteiger partial charge in [-0.2, -0.15) is 0 Å². The van der Waals surface area contributed by atoms with E-state index in [1.807, 2.05) is 56.5 Å². The van der Waals surface area contributed by atoms with E-state index in [-0.39, 0.29) is 17.2 Å². The highest BCUT2D eigenvalue weighted by Crippen LogP contribution is 2.27. The van der Waals surface area contributed by atoms with Crippen LogP contribution in [0, 0.1) is 6.92 Å². The number of carbonyl (C=O) groups excluding carboxylic acids is 1. The van der Waals surface area contributed by atoms with E-state index in [2.05, 4.69) is 10.3 Å².